The first-order chi connectivity index (χ1) is 13.4. The van der Waals surface area contributed by atoms with E-state index in [4.69, 9.17) is 0 Å². The first-order valence-corrected chi connectivity index (χ1v) is 9.02. The number of aromatic amines is 1. The summed E-state index contributed by atoms with van der Waals surface area (Å²) in [6.45, 7) is 2.70. The summed E-state index contributed by atoms with van der Waals surface area (Å²) in [6.07, 6.45) is -2.77. The molecule has 4 rings (SSSR count). The van der Waals surface area contributed by atoms with E-state index in [1.807, 2.05) is 12.1 Å². The number of amides is 1. The molecule has 2 heterocycles. The Morgan fingerprint density at radius 3 is 2.57 bits per heavy atom. The van der Waals surface area contributed by atoms with Gasteiger partial charge < -0.3 is 9.88 Å². The van der Waals surface area contributed by atoms with Crippen LogP contribution in [0.4, 0.5) is 13.2 Å². The van der Waals surface area contributed by atoms with E-state index in [-0.39, 0.29) is 5.91 Å². The number of hydrogen-bond donors (Lipinski definition) is 1. The van der Waals surface area contributed by atoms with Crippen molar-refractivity contribution in [1.82, 2.24) is 19.8 Å². The molecule has 146 valence electrons. The fraction of sp³-hybridized carbons (Fsp3) is 0.300. The molecule has 0 atom stereocenters. The third-order valence-corrected chi connectivity index (χ3v) is 5.00. The number of nitrogens with zero attached hydrogens (tertiary/aromatic N) is 3. The third-order valence-electron chi connectivity index (χ3n) is 5.00. The monoisotopic (exact) mass is 388 g/mol. The van der Waals surface area contributed by atoms with Crippen LogP contribution in [0.2, 0.25) is 0 Å². The molecule has 1 aliphatic heterocycles. The van der Waals surface area contributed by atoms with Gasteiger partial charge in [0.25, 0.3) is 5.91 Å². The molecule has 28 heavy (non-hydrogen) atoms. The number of aromatic nitrogens is 2. The summed E-state index contributed by atoms with van der Waals surface area (Å²) in [5.74, 6) is -0.0728. The van der Waals surface area contributed by atoms with E-state index in [2.05, 4.69) is 14.9 Å². The van der Waals surface area contributed by atoms with Crippen molar-refractivity contribution >= 4 is 16.9 Å². The molecule has 0 aliphatic carbocycles. The highest BCUT2D eigenvalue weighted by Gasteiger charge is 2.30. The number of halogens is 3. The van der Waals surface area contributed by atoms with E-state index < -0.39 is 11.7 Å². The van der Waals surface area contributed by atoms with Gasteiger partial charge in [-0.2, -0.15) is 13.2 Å². The average Bonchev–Trinajstić information content (AvgIpc) is 3.16. The highest BCUT2D eigenvalue weighted by Crippen LogP contribution is 2.29. The van der Waals surface area contributed by atoms with Crippen molar-refractivity contribution < 1.29 is 18.0 Å². The Balaban J connectivity index is 1.40. The molecule has 0 spiro atoms. The number of carbonyl (C=O) groups is 1. The van der Waals surface area contributed by atoms with Crippen LogP contribution in [0.1, 0.15) is 21.5 Å². The summed E-state index contributed by atoms with van der Waals surface area (Å²) in [5.41, 5.74) is 2.01. The van der Waals surface area contributed by atoms with E-state index in [1.165, 1.54) is 12.1 Å². The number of para-hydroxylation sites is 1. The second-order valence-corrected chi connectivity index (χ2v) is 6.87. The zero-order valence-corrected chi connectivity index (χ0v) is 15.0. The lowest BCUT2D eigenvalue weighted by atomic mass is 10.1. The molecule has 0 radical (unpaired) electrons. The van der Waals surface area contributed by atoms with Crippen LogP contribution in [-0.2, 0) is 12.7 Å². The van der Waals surface area contributed by atoms with Crippen molar-refractivity contribution in [3.63, 3.8) is 0 Å². The van der Waals surface area contributed by atoms with Crippen molar-refractivity contribution in [2.24, 2.45) is 0 Å². The Morgan fingerprint density at radius 1 is 1.07 bits per heavy atom. The molecule has 0 bridgehead atoms. The minimum absolute atomic E-state index is 0.0728. The normalized spacial score (nSPS) is 15.9. The number of H-pyrrole nitrogens is 1. The van der Waals surface area contributed by atoms with Crippen LogP contribution in [0, 0.1) is 0 Å². The van der Waals surface area contributed by atoms with Gasteiger partial charge in [-0.25, -0.2) is 4.98 Å². The van der Waals surface area contributed by atoms with Gasteiger partial charge in [-0.1, -0.05) is 24.3 Å². The number of alkyl halides is 3. The lowest BCUT2D eigenvalue weighted by Crippen LogP contribution is -2.48. The largest absolute Gasteiger partial charge is 0.416 e. The lowest BCUT2D eigenvalue weighted by Gasteiger charge is -2.35. The molecule has 1 aliphatic rings. The van der Waals surface area contributed by atoms with Crippen molar-refractivity contribution in [2.45, 2.75) is 12.7 Å². The molecular weight excluding hydrogens is 369 g/mol. The number of carbonyl (C=O) groups excluding carboxylic acids is 1. The molecule has 0 saturated carbocycles. The molecule has 1 saturated heterocycles. The first kappa shape index (κ1) is 18.5. The molecule has 1 fully saturated rings. The van der Waals surface area contributed by atoms with Crippen molar-refractivity contribution in [2.75, 3.05) is 26.2 Å². The second-order valence-electron chi connectivity index (χ2n) is 6.87. The number of benzene rings is 2. The number of piperazine rings is 1. The second kappa shape index (κ2) is 7.27. The molecule has 2 aromatic carbocycles. The van der Waals surface area contributed by atoms with Crippen molar-refractivity contribution in [3.05, 3.63) is 65.5 Å². The van der Waals surface area contributed by atoms with Gasteiger partial charge in [-0.15, -0.1) is 0 Å². The van der Waals surface area contributed by atoms with Crippen molar-refractivity contribution in [3.8, 4) is 0 Å². The average molecular weight is 388 g/mol. The summed E-state index contributed by atoms with van der Waals surface area (Å²) in [6, 6.07) is 10.9. The summed E-state index contributed by atoms with van der Waals surface area (Å²) in [5, 5.41) is 0. The third kappa shape index (κ3) is 3.73. The maximum absolute atomic E-state index is 12.9. The van der Waals surface area contributed by atoms with E-state index in [9.17, 15) is 18.0 Å². The van der Waals surface area contributed by atoms with E-state index in [0.29, 0.717) is 49.4 Å². The zero-order chi connectivity index (χ0) is 19.7. The molecule has 8 heteroatoms. The van der Waals surface area contributed by atoms with Gasteiger partial charge >= 0.3 is 6.18 Å². The topological polar surface area (TPSA) is 52.2 Å². The fourth-order valence-corrected chi connectivity index (χ4v) is 3.52. The Labute approximate surface area is 159 Å². The van der Waals surface area contributed by atoms with Crippen LogP contribution in [0.15, 0.2) is 48.8 Å². The standard InChI is InChI=1S/C20H19F3N4O/c21-20(22,23)15-4-1-3-14(11-15)12-26-7-9-27(10-8-26)19(28)16-5-2-6-17-18(16)25-13-24-17/h1-6,11,13H,7-10,12H2,(H,24,25). The zero-order valence-electron chi connectivity index (χ0n) is 15.0. The summed E-state index contributed by atoms with van der Waals surface area (Å²) in [4.78, 5) is 23.9. The highest BCUT2D eigenvalue weighted by atomic mass is 19.4. The Kier molecular flexibility index (Phi) is 4.80. The van der Waals surface area contributed by atoms with Crippen molar-refractivity contribution in [1.29, 1.82) is 0 Å². The molecule has 5 nitrogen and oxygen atoms in total. The summed E-state index contributed by atoms with van der Waals surface area (Å²) < 4.78 is 38.6. The Bertz CT molecular complexity index is 990. The van der Waals surface area contributed by atoms with E-state index in [1.54, 1.807) is 23.4 Å². The minimum atomic E-state index is -4.34. The van der Waals surface area contributed by atoms with Crippen LogP contribution in [0.3, 0.4) is 0 Å². The molecule has 0 unspecified atom stereocenters. The summed E-state index contributed by atoms with van der Waals surface area (Å²) >= 11 is 0. The van der Waals surface area contributed by atoms with Gasteiger partial charge in [-0.3, -0.25) is 9.69 Å². The van der Waals surface area contributed by atoms with Crippen LogP contribution in [0.5, 0.6) is 0 Å². The van der Waals surface area contributed by atoms with Crippen LogP contribution >= 0.6 is 0 Å². The molecule has 3 aromatic rings. The maximum atomic E-state index is 12.9. The SMILES string of the molecule is O=C(c1cccc2[nH]cnc12)N1CCN(Cc2cccc(C(F)(F)F)c2)CC1. The van der Waals surface area contributed by atoms with Crippen LogP contribution < -0.4 is 0 Å². The summed E-state index contributed by atoms with van der Waals surface area (Å²) in [7, 11) is 0. The molecular formula is C20H19F3N4O. The number of rotatable bonds is 3. The van der Waals surface area contributed by atoms with E-state index >= 15 is 0 Å². The minimum Gasteiger partial charge on any atom is -0.345 e. The van der Waals surface area contributed by atoms with Gasteiger partial charge in [0, 0.05) is 32.7 Å². The number of hydrogen-bond acceptors (Lipinski definition) is 3. The van der Waals surface area contributed by atoms with Gasteiger partial charge in [0.1, 0.15) is 5.52 Å². The van der Waals surface area contributed by atoms with Gasteiger partial charge in [0.05, 0.1) is 23.0 Å². The maximum Gasteiger partial charge on any atom is 0.416 e. The molecule has 1 N–H and O–H groups in total. The number of imidazole rings is 1. The fourth-order valence-electron chi connectivity index (χ4n) is 3.52. The smallest absolute Gasteiger partial charge is 0.345 e. The predicted molar refractivity (Wildman–Crippen MR) is 98.7 cm³/mol. The van der Waals surface area contributed by atoms with Crippen LogP contribution in [0.25, 0.3) is 11.0 Å². The van der Waals surface area contributed by atoms with Gasteiger partial charge in [-0.05, 0) is 23.8 Å². The highest BCUT2D eigenvalue weighted by molar-refractivity contribution is 6.04. The molecule has 1 aromatic heterocycles. The van der Waals surface area contributed by atoms with Gasteiger partial charge in [0.2, 0.25) is 0 Å². The lowest BCUT2D eigenvalue weighted by molar-refractivity contribution is -0.137. The number of fused-ring (bicyclic) bond motifs is 1. The first-order valence-electron chi connectivity index (χ1n) is 9.02. The van der Waals surface area contributed by atoms with Gasteiger partial charge in [0.15, 0.2) is 0 Å². The Hall–Kier alpha value is -2.87. The predicted octanol–water partition coefficient (Wildman–Crippen LogP) is 3.54. The van der Waals surface area contributed by atoms with E-state index in [0.717, 1.165) is 11.6 Å². The molecule has 1 amide bonds. The van der Waals surface area contributed by atoms with Crippen LogP contribution in [-0.4, -0.2) is 51.9 Å². The number of nitrogens with one attached hydrogen (secondary N) is 1. The quantitative estimate of drug-likeness (QED) is 0.747. The Morgan fingerprint density at radius 2 is 1.82 bits per heavy atom.